The molecule has 1 aliphatic carbocycles. The zero-order valence-electron chi connectivity index (χ0n) is 51.9. The number of aromatic amines is 1. The third-order valence-corrected chi connectivity index (χ3v) is 17.1. The molecule has 0 radical (unpaired) electrons. The number of H-pyrrole nitrogens is 1. The number of hydrogen-bond donors (Lipinski definition) is 3. The summed E-state index contributed by atoms with van der Waals surface area (Å²) in [4.78, 5) is 31.0. The number of nitrogens with zero attached hydrogens (tertiary/aromatic N) is 2. The number of carbonyl (C=O) groups excluding carboxylic acids is 1. The van der Waals surface area contributed by atoms with Gasteiger partial charge in [0.15, 0.2) is 0 Å². The van der Waals surface area contributed by atoms with E-state index in [2.05, 4.69) is 82.0 Å². The van der Waals surface area contributed by atoms with Crippen LogP contribution in [0.15, 0.2) is 30.5 Å². The third kappa shape index (κ3) is 35.0. The minimum absolute atomic E-state index is 0.0445. The average Bonchev–Trinajstić information content (AvgIpc) is 3.85. The fourth-order valence-electron chi connectivity index (χ4n) is 12.1. The molecule has 7 nitrogen and oxygen atoms in total. The Balaban J connectivity index is 0.000000413. The summed E-state index contributed by atoms with van der Waals surface area (Å²) in [5.74, 6) is 0.448. The molecule has 1 amide bonds. The lowest BCUT2D eigenvalue weighted by Crippen LogP contribution is -2.47. The molecule has 3 N–H and O–H groups in total. The number of benzene rings is 1. The first kappa shape index (κ1) is 70.5. The van der Waals surface area contributed by atoms with E-state index in [9.17, 15) is 9.59 Å². The molecular formula is C70H127N3O4. The van der Waals surface area contributed by atoms with Gasteiger partial charge in [-0.1, -0.05) is 302 Å². The molecule has 446 valence electrons. The lowest BCUT2D eigenvalue weighted by molar-refractivity contribution is -0.137. The second-order valence-corrected chi connectivity index (χ2v) is 24.5. The number of aliphatic carboxylic acids is 1. The van der Waals surface area contributed by atoms with Crippen LogP contribution in [0.3, 0.4) is 0 Å². The van der Waals surface area contributed by atoms with Gasteiger partial charge < -0.3 is 20.1 Å². The van der Waals surface area contributed by atoms with Gasteiger partial charge in [-0.15, -0.1) is 0 Å². The number of carboxylic acids is 1. The van der Waals surface area contributed by atoms with Crippen LogP contribution in [0.2, 0.25) is 0 Å². The van der Waals surface area contributed by atoms with Gasteiger partial charge in [-0.05, 0) is 68.8 Å². The maximum absolute atomic E-state index is 12.9. The van der Waals surface area contributed by atoms with Crippen molar-refractivity contribution in [3.8, 4) is 0 Å². The predicted octanol–water partition coefficient (Wildman–Crippen LogP) is 20.8. The topological polar surface area (TPSA) is 96.9 Å². The molecule has 0 fully saturated rings. The number of aliphatic hydroxyl groups is 1. The van der Waals surface area contributed by atoms with Crippen LogP contribution in [0, 0.1) is 11.8 Å². The van der Waals surface area contributed by atoms with Crippen LogP contribution in [0.5, 0.6) is 0 Å². The van der Waals surface area contributed by atoms with Crippen LogP contribution in [-0.2, 0) is 16.0 Å². The predicted molar refractivity (Wildman–Crippen MR) is 336 cm³/mol. The summed E-state index contributed by atoms with van der Waals surface area (Å²) in [7, 11) is 2.15. The summed E-state index contributed by atoms with van der Waals surface area (Å²) in [6.45, 7) is 13.8. The SMILES string of the molecule is CC(C)CCCCCCCCCCCCCCCO.CCCCCCCCCCCCCCCCCCCCCCCCCCCCCCCC(=O)O.CCN(CC)C(=O)[C@@H]1C=C2c3cccc4[nH]cc(c34)C[C@H]2N(C)C1. The summed E-state index contributed by atoms with van der Waals surface area (Å²) in [6.07, 6.45) is 65.6. The van der Waals surface area contributed by atoms with Gasteiger partial charge in [-0.3, -0.25) is 14.5 Å². The number of aromatic nitrogens is 1. The van der Waals surface area contributed by atoms with Crippen molar-refractivity contribution in [3.63, 3.8) is 0 Å². The molecule has 2 heterocycles. The average molecular weight is 1070 g/mol. The van der Waals surface area contributed by atoms with E-state index in [0.29, 0.717) is 19.1 Å². The first-order valence-electron chi connectivity index (χ1n) is 33.8. The largest absolute Gasteiger partial charge is 0.481 e. The molecule has 0 saturated heterocycles. The van der Waals surface area contributed by atoms with Crippen molar-refractivity contribution >= 4 is 28.4 Å². The Hall–Kier alpha value is -2.64. The number of aliphatic hydroxyl groups excluding tert-OH is 1. The molecular weight excluding hydrogens is 947 g/mol. The Morgan fingerprint density at radius 2 is 0.961 bits per heavy atom. The maximum atomic E-state index is 12.9. The lowest BCUT2D eigenvalue weighted by atomic mass is 9.79. The van der Waals surface area contributed by atoms with Gasteiger partial charge in [0.05, 0.1) is 5.92 Å². The van der Waals surface area contributed by atoms with E-state index in [-0.39, 0.29) is 11.8 Å². The highest BCUT2D eigenvalue weighted by molar-refractivity contribution is 5.99. The lowest BCUT2D eigenvalue weighted by Gasteiger charge is -2.40. The van der Waals surface area contributed by atoms with E-state index in [1.165, 1.54) is 284 Å². The molecule has 2 aromatic rings. The number of carbonyl (C=O) groups is 2. The van der Waals surface area contributed by atoms with Gasteiger partial charge in [-0.2, -0.15) is 0 Å². The molecule has 1 aromatic carbocycles. The molecule has 1 aliphatic heterocycles. The highest BCUT2D eigenvalue weighted by Gasteiger charge is 2.36. The quantitative estimate of drug-likeness (QED) is 0.0574. The van der Waals surface area contributed by atoms with Crippen molar-refractivity contribution in [1.29, 1.82) is 0 Å². The van der Waals surface area contributed by atoms with E-state index >= 15 is 0 Å². The van der Waals surface area contributed by atoms with Gasteiger partial charge in [-0.25, -0.2) is 0 Å². The molecule has 2 aliphatic rings. The number of nitrogens with one attached hydrogen (secondary N) is 1. The van der Waals surface area contributed by atoms with Crippen molar-refractivity contribution < 1.29 is 19.8 Å². The Morgan fingerprint density at radius 1 is 0.571 bits per heavy atom. The van der Waals surface area contributed by atoms with Crippen molar-refractivity contribution in [2.45, 2.75) is 330 Å². The van der Waals surface area contributed by atoms with Crippen LogP contribution in [0.25, 0.3) is 16.5 Å². The number of hydrogen-bond acceptors (Lipinski definition) is 4. The molecule has 0 bridgehead atoms. The van der Waals surface area contributed by atoms with Crippen LogP contribution in [-0.4, -0.2) is 76.2 Å². The maximum Gasteiger partial charge on any atom is 0.303 e. The zero-order chi connectivity index (χ0) is 55.8. The molecule has 77 heavy (non-hydrogen) atoms. The van der Waals surface area contributed by atoms with E-state index < -0.39 is 5.97 Å². The number of carboxylic acid groups (broad SMARTS) is 1. The number of unbranched alkanes of at least 4 members (excludes halogenated alkanes) is 40. The fraction of sp³-hybridized carbons (Fsp3) is 0.829. The molecule has 2 atom stereocenters. The standard InChI is InChI=1S/C32H64O2.C20H25N3O.C18H38O/c1-2-3-4-5-6-7-8-9-10-11-12-13-14-15-16-17-18-19-20-21-22-23-24-25-26-27-28-29-30-31-32(33)34;1-4-23(5-2)20(24)14-9-16-15-7-6-8-17-19(15)13(11-21-17)10-18(16)22(3)12-14;1-18(2)16-14-12-10-8-6-4-3-5-7-9-11-13-15-17-19/h2-31H2,1H3,(H,33,34);6-9,11,14,18,21H,4-5,10,12H2,1-3H3;18-19H,3-17H2,1-2H3/t;14-,18-;/m.1./s1. The van der Waals surface area contributed by atoms with Crippen LogP contribution in [0.4, 0.5) is 0 Å². The van der Waals surface area contributed by atoms with E-state index in [1.807, 2.05) is 4.90 Å². The summed E-state index contributed by atoms with van der Waals surface area (Å²) < 4.78 is 0. The summed E-state index contributed by atoms with van der Waals surface area (Å²) in [5.41, 5.74) is 5.21. The van der Waals surface area contributed by atoms with Gasteiger partial charge >= 0.3 is 5.97 Å². The number of rotatable bonds is 48. The summed E-state index contributed by atoms with van der Waals surface area (Å²) in [6, 6.07) is 6.82. The highest BCUT2D eigenvalue weighted by Crippen LogP contribution is 2.41. The molecule has 0 spiro atoms. The monoisotopic (exact) mass is 1070 g/mol. The Morgan fingerprint density at radius 3 is 1.34 bits per heavy atom. The minimum atomic E-state index is -0.648. The first-order chi connectivity index (χ1) is 37.7. The number of amides is 1. The number of likely N-dealkylation sites (N-methyl/N-ethyl adjacent to an activating group) is 1. The van der Waals surface area contributed by atoms with Crippen molar-refractivity contribution in [2.75, 3.05) is 33.3 Å². The first-order valence-corrected chi connectivity index (χ1v) is 33.8. The van der Waals surface area contributed by atoms with E-state index in [4.69, 9.17) is 10.2 Å². The molecule has 1 aromatic heterocycles. The van der Waals surface area contributed by atoms with Crippen LogP contribution < -0.4 is 0 Å². The van der Waals surface area contributed by atoms with Crippen LogP contribution >= 0.6 is 0 Å². The second kappa shape index (κ2) is 49.2. The van der Waals surface area contributed by atoms with Gasteiger partial charge in [0.1, 0.15) is 0 Å². The second-order valence-electron chi connectivity index (χ2n) is 24.5. The van der Waals surface area contributed by atoms with Crippen molar-refractivity contribution in [3.05, 3.63) is 41.6 Å². The van der Waals surface area contributed by atoms with E-state index in [0.717, 1.165) is 51.2 Å². The van der Waals surface area contributed by atoms with E-state index in [1.54, 1.807) is 0 Å². The highest BCUT2D eigenvalue weighted by atomic mass is 16.4. The van der Waals surface area contributed by atoms with Gasteiger partial charge in [0, 0.05) is 55.8 Å². The Labute approximate surface area is 477 Å². The summed E-state index contributed by atoms with van der Waals surface area (Å²) >= 11 is 0. The smallest absolute Gasteiger partial charge is 0.303 e. The molecule has 4 rings (SSSR count). The Kier molecular flexibility index (Phi) is 45.0. The molecule has 0 saturated carbocycles. The zero-order valence-corrected chi connectivity index (χ0v) is 51.9. The summed E-state index contributed by atoms with van der Waals surface area (Å²) in [5, 5.41) is 18.6. The van der Waals surface area contributed by atoms with Gasteiger partial charge in [0.25, 0.3) is 0 Å². The number of fused-ring (bicyclic) bond motifs is 2. The fourth-order valence-corrected chi connectivity index (χ4v) is 12.1. The van der Waals surface area contributed by atoms with Crippen molar-refractivity contribution in [2.24, 2.45) is 11.8 Å². The van der Waals surface area contributed by atoms with Crippen LogP contribution in [0.1, 0.15) is 328 Å². The van der Waals surface area contributed by atoms with Crippen molar-refractivity contribution in [1.82, 2.24) is 14.8 Å². The Bertz CT molecular complexity index is 1700. The normalized spacial score (nSPS) is 15.0. The third-order valence-electron chi connectivity index (χ3n) is 17.1. The molecule has 0 unspecified atom stereocenters. The minimum Gasteiger partial charge on any atom is -0.481 e. The van der Waals surface area contributed by atoms with Gasteiger partial charge in [0.2, 0.25) is 5.91 Å². The molecule has 7 heteroatoms.